The number of nitrogens with one attached hydrogen (secondary N) is 1. The highest BCUT2D eigenvalue weighted by atomic mass is 16.5. The van der Waals surface area contributed by atoms with Crippen LogP contribution < -0.4 is 16.0 Å². The number of benzene rings is 3. The van der Waals surface area contributed by atoms with Gasteiger partial charge in [0.1, 0.15) is 13.2 Å². The van der Waals surface area contributed by atoms with Crippen LogP contribution in [0.2, 0.25) is 0 Å². The minimum Gasteiger partial charge on any atom is -0.478 e. The maximum absolute atomic E-state index is 13.1. The molecule has 0 heterocycles. The molecule has 0 aliphatic carbocycles. The maximum Gasteiger partial charge on any atom is 0.360 e. The van der Waals surface area contributed by atoms with Gasteiger partial charge in [0.15, 0.2) is 10.8 Å². The molecule has 0 unspecified atom stereocenters. The fourth-order valence-corrected chi connectivity index (χ4v) is 4.15. The van der Waals surface area contributed by atoms with Crippen LogP contribution in [0, 0.1) is 0 Å². The second kappa shape index (κ2) is 17.9. The number of anilines is 1. The summed E-state index contributed by atoms with van der Waals surface area (Å²) in [5.41, 5.74) is 5.12. The Hall–Kier alpha value is -6.13. The van der Waals surface area contributed by atoms with Crippen LogP contribution in [0.5, 0.6) is 0 Å². The molecule has 0 atom stereocenters. The zero-order valence-corrected chi connectivity index (χ0v) is 27.7. The van der Waals surface area contributed by atoms with Crippen LogP contribution in [0.25, 0.3) is 0 Å². The maximum atomic E-state index is 13.1. The number of nitrogens with zero attached hydrogens (tertiary/aromatic N) is 5. The van der Waals surface area contributed by atoms with Crippen molar-refractivity contribution in [2.75, 3.05) is 59.8 Å². The van der Waals surface area contributed by atoms with E-state index in [1.165, 1.54) is 24.3 Å². The van der Waals surface area contributed by atoms with E-state index in [0.717, 1.165) is 24.3 Å². The van der Waals surface area contributed by atoms with Crippen molar-refractivity contribution in [1.82, 2.24) is 14.7 Å². The molecule has 5 N–H and O–H groups in total. The van der Waals surface area contributed by atoms with Gasteiger partial charge in [0, 0.05) is 30.9 Å². The van der Waals surface area contributed by atoms with E-state index < -0.39 is 35.7 Å². The summed E-state index contributed by atoms with van der Waals surface area (Å²) in [7, 11) is 7.09. The minimum absolute atomic E-state index is 0.00240. The smallest absolute Gasteiger partial charge is 0.360 e. The first kappa shape index (κ1) is 38.3. The van der Waals surface area contributed by atoms with Crippen LogP contribution in [0.15, 0.2) is 64.8 Å². The SMILES string of the molecule is CN(C)CCOC(=O)c1cc(C(=O)N=[N+]=Nc2cc(NC(=O)c3ccc(C(=O)O)c(C(=O)OCCN(C)C)c3)ccc2CN)ccc1C(=O)O. The Bertz CT molecular complexity index is 1870. The lowest BCUT2D eigenvalue weighted by Crippen LogP contribution is -2.21. The van der Waals surface area contributed by atoms with Crippen molar-refractivity contribution < 1.29 is 48.5 Å². The third kappa shape index (κ3) is 10.7. The summed E-state index contributed by atoms with van der Waals surface area (Å²) >= 11 is 0. The molecule has 3 aromatic rings. The van der Waals surface area contributed by atoms with Gasteiger partial charge in [-0.1, -0.05) is 6.07 Å². The topological polar surface area (TPSA) is 245 Å². The van der Waals surface area contributed by atoms with Crippen molar-refractivity contribution in [3.8, 4) is 0 Å². The lowest BCUT2D eigenvalue weighted by molar-refractivity contribution is 0.0466. The van der Waals surface area contributed by atoms with Gasteiger partial charge in [-0.05, 0) is 82.3 Å². The highest BCUT2D eigenvalue weighted by Gasteiger charge is 2.23. The predicted molar refractivity (Wildman–Crippen MR) is 178 cm³/mol. The van der Waals surface area contributed by atoms with Crippen molar-refractivity contribution in [2.24, 2.45) is 16.0 Å². The van der Waals surface area contributed by atoms with Crippen LogP contribution in [-0.4, -0.2) is 110 Å². The fraction of sp³-hybridized carbons (Fsp3) is 0.273. The molecule has 0 aliphatic rings. The second-order valence-electron chi connectivity index (χ2n) is 11.1. The van der Waals surface area contributed by atoms with Gasteiger partial charge in [0.05, 0.1) is 27.8 Å². The van der Waals surface area contributed by atoms with Gasteiger partial charge < -0.3 is 40.5 Å². The van der Waals surface area contributed by atoms with E-state index in [1.807, 2.05) is 0 Å². The van der Waals surface area contributed by atoms with Crippen molar-refractivity contribution in [1.29, 1.82) is 0 Å². The Morgan fingerprint density at radius 1 is 0.740 bits per heavy atom. The summed E-state index contributed by atoms with van der Waals surface area (Å²) in [6, 6.07) is 11.2. The molecule has 0 saturated carbocycles. The van der Waals surface area contributed by atoms with Gasteiger partial charge in [0.2, 0.25) is 10.0 Å². The van der Waals surface area contributed by atoms with Crippen molar-refractivity contribution in [2.45, 2.75) is 6.54 Å². The van der Waals surface area contributed by atoms with E-state index in [2.05, 4.69) is 20.5 Å². The summed E-state index contributed by atoms with van der Waals surface area (Å²) in [6.45, 7) is 0.806. The van der Waals surface area contributed by atoms with Gasteiger partial charge in [-0.3, -0.25) is 9.59 Å². The number of hydrogen-bond acceptors (Lipinski definition) is 12. The first-order valence-electron chi connectivity index (χ1n) is 14.9. The number of hydrogen-bond donors (Lipinski definition) is 4. The molecule has 17 heteroatoms. The van der Waals surface area contributed by atoms with Gasteiger partial charge in [-0.25, -0.2) is 19.2 Å². The molecular formula is C33H36N7O10+. The molecule has 0 aromatic heterocycles. The van der Waals surface area contributed by atoms with Crippen molar-refractivity contribution >= 4 is 47.1 Å². The van der Waals surface area contributed by atoms with E-state index in [1.54, 1.807) is 44.1 Å². The average molecular weight is 691 g/mol. The Morgan fingerprint density at radius 3 is 1.76 bits per heavy atom. The summed E-state index contributed by atoms with van der Waals surface area (Å²) in [6.07, 6.45) is 0. The van der Waals surface area contributed by atoms with E-state index in [9.17, 15) is 39.0 Å². The van der Waals surface area contributed by atoms with Crippen LogP contribution in [0.1, 0.15) is 67.7 Å². The van der Waals surface area contributed by atoms with E-state index >= 15 is 0 Å². The van der Waals surface area contributed by atoms with Crippen LogP contribution in [-0.2, 0) is 16.0 Å². The number of carboxylic acid groups (broad SMARTS) is 2. The highest BCUT2D eigenvalue weighted by molar-refractivity contribution is 6.09. The van der Waals surface area contributed by atoms with Gasteiger partial charge in [0.25, 0.3) is 5.91 Å². The largest absolute Gasteiger partial charge is 0.478 e. The van der Waals surface area contributed by atoms with Crippen molar-refractivity contribution in [3.63, 3.8) is 0 Å². The summed E-state index contributed by atoms with van der Waals surface area (Å²) in [4.78, 5) is 81.5. The molecule has 3 aromatic carbocycles. The lowest BCUT2D eigenvalue weighted by atomic mass is 10.0. The Labute approximate surface area is 286 Å². The number of nitrogens with two attached hydrogens (primary N) is 1. The monoisotopic (exact) mass is 690 g/mol. The molecular weight excluding hydrogens is 654 g/mol. The van der Waals surface area contributed by atoms with E-state index in [4.69, 9.17) is 15.2 Å². The molecule has 0 saturated heterocycles. The highest BCUT2D eigenvalue weighted by Crippen LogP contribution is 2.24. The number of carboxylic acids is 2. The number of rotatable bonds is 15. The second-order valence-corrected chi connectivity index (χ2v) is 11.1. The zero-order valence-electron chi connectivity index (χ0n) is 27.7. The molecule has 0 aliphatic heterocycles. The quantitative estimate of drug-likeness (QED) is 0.102. The molecule has 0 fully saturated rings. The van der Waals surface area contributed by atoms with E-state index in [0.29, 0.717) is 18.7 Å². The number of aromatic carboxylic acids is 2. The molecule has 0 bridgehead atoms. The molecule has 3 rings (SSSR count). The Morgan fingerprint density at radius 2 is 1.26 bits per heavy atom. The van der Waals surface area contributed by atoms with Gasteiger partial charge in [-0.15, -0.1) is 0 Å². The van der Waals surface area contributed by atoms with Crippen LogP contribution in [0.4, 0.5) is 11.4 Å². The fourth-order valence-electron chi connectivity index (χ4n) is 4.15. The van der Waals surface area contributed by atoms with Crippen LogP contribution >= 0.6 is 0 Å². The summed E-state index contributed by atoms with van der Waals surface area (Å²) in [5.74, 6) is -6.22. The predicted octanol–water partition coefficient (Wildman–Crippen LogP) is 2.67. The first-order valence-corrected chi connectivity index (χ1v) is 14.9. The zero-order chi connectivity index (χ0) is 37.0. The number of carbonyl (C=O) groups excluding carboxylic acids is 4. The molecule has 0 spiro atoms. The van der Waals surface area contributed by atoms with E-state index in [-0.39, 0.29) is 64.5 Å². The van der Waals surface area contributed by atoms with Crippen LogP contribution in [0.3, 0.4) is 0 Å². The molecule has 50 heavy (non-hydrogen) atoms. The number of esters is 2. The number of ether oxygens (including phenoxy) is 2. The molecule has 17 nitrogen and oxygen atoms in total. The molecule has 262 valence electrons. The van der Waals surface area contributed by atoms with Crippen molar-refractivity contribution in [3.05, 3.63) is 93.5 Å². The molecule has 0 radical (unpaired) electrons. The Balaban J connectivity index is 1.83. The lowest BCUT2D eigenvalue weighted by Gasteiger charge is -2.12. The molecule has 2 amide bonds. The normalized spacial score (nSPS) is 10.6. The van der Waals surface area contributed by atoms with Gasteiger partial charge >= 0.3 is 29.8 Å². The first-order chi connectivity index (χ1) is 23.7. The Kier molecular flexibility index (Phi) is 13.7. The minimum atomic E-state index is -1.39. The van der Waals surface area contributed by atoms with Gasteiger partial charge in [-0.2, -0.15) is 0 Å². The average Bonchev–Trinajstić information content (AvgIpc) is 3.07. The summed E-state index contributed by atoms with van der Waals surface area (Å²) in [5, 5.41) is 29.1. The number of likely N-dealkylation sites (N-methyl/N-ethyl adjacent to an activating group) is 2. The third-order valence-electron chi connectivity index (χ3n) is 6.84. The standard InChI is InChI=1S/C33H35N7O10/c1-39(2)11-13-49-32(47)25-15-19(6-9-23(25)30(43)44)28(41)35-22-8-5-21(18-34)27(17-22)36-38-37-29(42)20-7-10-24(31(45)46)26(16-20)33(48)50-14-12-40(3)4/h5-10,15-17H,11-14,18,34H2,1-4H3,(H2-,35,41,43,44,45,46)/p+1. The number of carbonyl (C=O) groups is 6. The summed E-state index contributed by atoms with van der Waals surface area (Å²) < 4.78 is 10.3. The number of amides is 2. The third-order valence-corrected chi connectivity index (χ3v) is 6.84.